The Labute approximate surface area is 110 Å². The zero-order valence-corrected chi connectivity index (χ0v) is 11.7. The number of piperidine rings is 1. The SMILES string of the molecule is CCCNC1(CC(=O)OCC)CCN2CCC1C2. The van der Waals surface area contributed by atoms with Gasteiger partial charge in [0, 0.05) is 12.1 Å². The van der Waals surface area contributed by atoms with E-state index in [-0.39, 0.29) is 11.5 Å². The Balaban J connectivity index is 2.04. The second-order valence-corrected chi connectivity index (χ2v) is 5.60. The molecule has 3 atom stereocenters. The molecular formula is C14H26N2O2. The van der Waals surface area contributed by atoms with E-state index in [1.54, 1.807) is 0 Å². The molecule has 0 saturated carbocycles. The maximum absolute atomic E-state index is 11.9. The molecule has 2 aliphatic rings. The summed E-state index contributed by atoms with van der Waals surface area (Å²) >= 11 is 0. The lowest BCUT2D eigenvalue weighted by molar-refractivity contribution is -0.146. The van der Waals surface area contributed by atoms with Gasteiger partial charge in [-0.1, -0.05) is 6.92 Å². The zero-order chi connectivity index (χ0) is 13.0. The molecule has 4 nitrogen and oxygen atoms in total. The Bertz CT molecular complexity index is 296. The van der Waals surface area contributed by atoms with Crippen molar-refractivity contribution in [2.24, 2.45) is 5.92 Å². The minimum atomic E-state index is -0.0403. The summed E-state index contributed by atoms with van der Waals surface area (Å²) in [5.41, 5.74) is -0.00470. The van der Waals surface area contributed by atoms with E-state index >= 15 is 0 Å². The van der Waals surface area contributed by atoms with Gasteiger partial charge in [0.15, 0.2) is 0 Å². The first-order valence-corrected chi connectivity index (χ1v) is 7.33. The Kier molecular flexibility index (Phi) is 4.62. The largest absolute Gasteiger partial charge is 0.466 e. The number of carbonyl (C=O) groups excluding carboxylic acids is 1. The molecule has 104 valence electrons. The fourth-order valence-corrected chi connectivity index (χ4v) is 3.42. The average Bonchev–Trinajstić information content (AvgIpc) is 2.77. The molecule has 0 aromatic carbocycles. The molecule has 0 aromatic heterocycles. The number of hydrogen-bond donors (Lipinski definition) is 1. The van der Waals surface area contributed by atoms with Crippen LogP contribution in [0.4, 0.5) is 0 Å². The van der Waals surface area contributed by atoms with Gasteiger partial charge in [0.25, 0.3) is 0 Å². The van der Waals surface area contributed by atoms with Crippen molar-refractivity contribution in [3.05, 3.63) is 0 Å². The minimum Gasteiger partial charge on any atom is -0.466 e. The van der Waals surface area contributed by atoms with Crippen molar-refractivity contribution in [3.8, 4) is 0 Å². The van der Waals surface area contributed by atoms with Gasteiger partial charge in [-0.25, -0.2) is 0 Å². The van der Waals surface area contributed by atoms with Crippen LogP contribution in [0.3, 0.4) is 0 Å². The van der Waals surface area contributed by atoms with Gasteiger partial charge in [-0.3, -0.25) is 4.79 Å². The summed E-state index contributed by atoms with van der Waals surface area (Å²) in [6, 6.07) is 0. The maximum atomic E-state index is 11.9. The molecule has 0 aliphatic carbocycles. The van der Waals surface area contributed by atoms with E-state index in [0.717, 1.165) is 32.5 Å². The van der Waals surface area contributed by atoms with Crippen LogP contribution in [0, 0.1) is 5.92 Å². The van der Waals surface area contributed by atoms with Crippen LogP contribution in [-0.4, -0.2) is 49.2 Å². The summed E-state index contributed by atoms with van der Waals surface area (Å²) in [4.78, 5) is 14.4. The molecule has 0 radical (unpaired) electrons. The predicted octanol–water partition coefficient (Wildman–Crippen LogP) is 1.40. The first-order chi connectivity index (χ1) is 8.70. The van der Waals surface area contributed by atoms with Crippen molar-refractivity contribution in [1.82, 2.24) is 10.2 Å². The number of hydrogen-bond acceptors (Lipinski definition) is 4. The molecule has 2 rings (SSSR count). The molecule has 2 bridgehead atoms. The van der Waals surface area contributed by atoms with Gasteiger partial charge in [-0.2, -0.15) is 0 Å². The van der Waals surface area contributed by atoms with E-state index in [1.165, 1.54) is 13.0 Å². The molecule has 2 aliphatic heterocycles. The summed E-state index contributed by atoms with van der Waals surface area (Å²) in [5, 5.41) is 3.67. The van der Waals surface area contributed by atoms with E-state index in [4.69, 9.17) is 4.74 Å². The maximum Gasteiger partial charge on any atom is 0.307 e. The highest BCUT2D eigenvalue weighted by Crippen LogP contribution is 2.38. The average molecular weight is 254 g/mol. The van der Waals surface area contributed by atoms with Crippen LogP contribution in [0.1, 0.15) is 39.5 Å². The van der Waals surface area contributed by atoms with E-state index < -0.39 is 0 Å². The van der Waals surface area contributed by atoms with Crippen LogP contribution >= 0.6 is 0 Å². The number of nitrogens with zero attached hydrogens (tertiary/aromatic N) is 1. The molecule has 2 saturated heterocycles. The van der Waals surface area contributed by atoms with E-state index in [0.29, 0.717) is 18.9 Å². The summed E-state index contributed by atoms with van der Waals surface area (Å²) in [7, 11) is 0. The fourth-order valence-electron chi connectivity index (χ4n) is 3.42. The van der Waals surface area contributed by atoms with E-state index in [1.807, 2.05) is 6.92 Å². The van der Waals surface area contributed by atoms with Gasteiger partial charge < -0.3 is 15.0 Å². The number of fused-ring (bicyclic) bond motifs is 2. The summed E-state index contributed by atoms with van der Waals surface area (Å²) in [6.07, 6.45) is 3.95. The number of nitrogens with one attached hydrogen (secondary N) is 1. The lowest BCUT2D eigenvalue weighted by Gasteiger charge is -2.43. The number of carbonyl (C=O) groups is 1. The molecule has 0 spiro atoms. The van der Waals surface area contributed by atoms with Gasteiger partial charge in [-0.15, -0.1) is 0 Å². The van der Waals surface area contributed by atoms with Crippen molar-refractivity contribution >= 4 is 5.97 Å². The highest BCUT2D eigenvalue weighted by molar-refractivity contribution is 5.71. The molecule has 2 fully saturated rings. The fraction of sp³-hybridized carbons (Fsp3) is 0.929. The standard InChI is InChI=1S/C14H26N2O2/c1-3-7-15-14(10-13(17)18-4-2)6-9-16-8-5-12(14)11-16/h12,15H,3-11H2,1-2H3. The lowest BCUT2D eigenvalue weighted by Crippen LogP contribution is -2.57. The van der Waals surface area contributed by atoms with Crippen LogP contribution in [0.25, 0.3) is 0 Å². The van der Waals surface area contributed by atoms with Crippen LogP contribution in [-0.2, 0) is 9.53 Å². The Morgan fingerprint density at radius 1 is 1.44 bits per heavy atom. The lowest BCUT2D eigenvalue weighted by atomic mass is 9.76. The Morgan fingerprint density at radius 2 is 2.28 bits per heavy atom. The minimum absolute atomic E-state index is 0.00470. The number of ether oxygens (including phenoxy) is 1. The Morgan fingerprint density at radius 3 is 3.00 bits per heavy atom. The van der Waals surface area contributed by atoms with Crippen LogP contribution in [0.15, 0.2) is 0 Å². The van der Waals surface area contributed by atoms with Crippen molar-refractivity contribution in [2.45, 2.75) is 45.1 Å². The summed E-state index contributed by atoms with van der Waals surface area (Å²) < 4.78 is 5.16. The smallest absolute Gasteiger partial charge is 0.307 e. The Hall–Kier alpha value is -0.610. The first-order valence-electron chi connectivity index (χ1n) is 7.33. The number of esters is 1. The molecule has 0 amide bonds. The second kappa shape index (κ2) is 6.02. The van der Waals surface area contributed by atoms with Gasteiger partial charge in [0.1, 0.15) is 0 Å². The summed E-state index contributed by atoms with van der Waals surface area (Å²) in [6.45, 7) is 9.00. The van der Waals surface area contributed by atoms with Crippen molar-refractivity contribution in [1.29, 1.82) is 0 Å². The topological polar surface area (TPSA) is 41.6 Å². The van der Waals surface area contributed by atoms with Gasteiger partial charge >= 0.3 is 5.97 Å². The molecule has 4 heteroatoms. The predicted molar refractivity (Wildman–Crippen MR) is 71.4 cm³/mol. The van der Waals surface area contributed by atoms with Crippen LogP contribution in [0.5, 0.6) is 0 Å². The molecule has 3 unspecified atom stereocenters. The third kappa shape index (κ3) is 2.86. The van der Waals surface area contributed by atoms with Gasteiger partial charge in [0.05, 0.1) is 13.0 Å². The third-order valence-corrected chi connectivity index (χ3v) is 4.42. The van der Waals surface area contributed by atoms with Crippen molar-refractivity contribution < 1.29 is 9.53 Å². The quantitative estimate of drug-likeness (QED) is 0.728. The van der Waals surface area contributed by atoms with Crippen molar-refractivity contribution in [2.75, 3.05) is 32.8 Å². The van der Waals surface area contributed by atoms with E-state index in [2.05, 4.69) is 17.1 Å². The third-order valence-electron chi connectivity index (χ3n) is 4.42. The van der Waals surface area contributed by atoms with Gasteiger partial charge in [0.2, 0.25) is 0 Å². The molecule has 0 aromatic rings. The highest BCUT2D eigenvalue weighted by Gasteiger charge is 2.47. The van der Waals surface area contributed by atoms with E-state index in [9.17, 15) is 4.79 Å². The molecule has 18 heavy (non-hydrogen) atoms. The molecule has 1 N–H and O–H groups in total. The monoisotopic (exact) mass is 254 g/mol. The first kappa shape index (κ1) is 13.8. The molecule has 2 heterocycles. The summed E-state index contributed by atoms with van der Waals surface area (Å²) in [5.74, 6) is 0.573. The van der Waals surface area contributed by atoms with Crippen LogP contribution < -0.4 is 5.32 Å². The molecular weight excluding hydrogens is 228 g/mol. The highest BCUT2D eigenvalue weighted by atomic mass is 16.5. The zero-order valence-electron chi connectivity index (χ0n) is 11.7. The van der Waals surface area contributed by atoms with Crippen LogP contribution in [0.2, 0.25) is 0 Å². The number of rotatable bonds is 6. The normalized spacial score (nSPS) is 34.6. The van der Waals surface area contributed by atoms with Gasteiger partial charge in [-0.05, 0) is 51.7 Å². The van der Waals surface area contributed by atoms with Crippen molar-refractivity contribution in [3.63, 3.8) is 0 Å². The second-order valence-electron chi connectivity index (χ2n) is 5.60.